The zero-order chi connectivity index (χ0) is 18.5. The molecule has 0 saturated heterocycles. The van der Waals surface area contributed by atoms with Crippen molar-refractivity contribution >= 4 is 52.0 Å². The predicted molar refractivity (Wildman–Crippen MR) is 119 cm³/mol. The van der Waals surface area contributed by atoms with Gasteiger partial charge in [0.1, 0.15) is 0 Å². The van der Waals surface area contributed by atoms with Crippen LogP contribution in [0.5, 0.6) is 0 Å². The van der Waals surface area contributed by atoms with Gasteiger partial charge in [0.2, 0.25) is 0 Å². The molecular formula is C26H18SeTe. The van der Waals surface area contributed by atoms with E-state index in [0.717, 1.165) is 0 Å². The van der Waals surface area contributed by atoms with Gasteiger partial charge in [-0.1, -0.05) is 0 Å². The van der Waals surface area contributed by atoms with Crippen LogP contribution in [0.2, 0.25) is 0 Å². The van der Waals surface area contributed by atoms with Crippen LogP contribution < -0.4 is 16.1 Å². The second-order valence-corrected chi connectivity index (χ2v) is 12.7. The normalized spacial score (nSPS) is 15.3. The molecule has 0 radical (unpaired) electrons. The summed E-state index contributed by atoms with van der Waals surface area (Å²) in [6.07, 6.45) is 0. The fraction of sp³-hybridized carbons (Fsp3) is 0.0769. The van der Waals surface area contributed by atoms with Gasteiger partial charge in [-0.2, -0.15) is 0 Å². The summed E-state index contributed by atoms with van der Waals surface area (Å²) in [6.45, 7) is 0. The van der Waals surface area contributed by atoms with Crippen LogP contribution in [0.1, 0.15) is 34.1 Å². The molecule has 0 bridgehead atoms. The van der Waals surface area contributed by atoms with Crippen molar-refractivity contribution in [1.82, 2.24) is 0 Å². The topological polar surface area (TPSA) is 0 Å². The molecule has 134 valence electrons. The van der Waals surface area contributed by atoms with E-state index in [1.807, 2.05) is 0 Å². The summed E-state index contributed by atoms with van der Waals surface area (Å²) < 4.78 is 6.33. The molecule has 0 N–H and O–H groups in total. The van der Waals surface area contributed by atoms with Crippen molar-refractivity contribution in [1.29, 1.82) is 0 Å². The van der Waals surface area contributed by atoms with Gasteiger partial charge in [0, 0.05) is 0 Å². The van der Waals surface area contributed by atoms with Crippen LogP contribution in [0.3, 0.4) is 0 Å². The van der Waals surface area contributed by atoms with Gasteiger partial charge in [0.15, 0.2) is 0 Å². The molecular weight excluding hydrogens is 519 g/mol. The minimum absolute atomic E-state index is 0.316. The molecule has 0 unspecified atom stereocenters. The van der Waals surface area contributed by atoms with E-state index in [-0.39, 0.29) is 20.9 Å². The Morgan fingerprint density at radius 1 is 0.464 bits per heavy atom. The minimum atomic E-state index is -0.316. The van der Waals surface area contributed by atoms with Crippen molar-refractivity contribution in [2.45, 2.75) is 11.8 Å². The Labute approximate surface area is 182 Å². The summed E-state index contributed by atoms with van der Waals surface area (Å²) in [5.41, 5.74) is 6.21. The third kappa shape index (κ3) is 2.64. The maximum atomic E-state index is 2.39. The molecule has 0 nitrogen and oxygen atoms in total. The van der Waals surface area contributed by atoms with Crippen LogP contribution in [0.25, 0.3) is 0 Å². The Balaban J connectivity index is 1.66. The molecule has 2 aliphatic rings. The predicted octanol–water partition coefficient (Wildman–Crippen LogP) is 2.59. The molecule has 0 spiro atoms. The summed E-state index contributed by atoms with van der Waals surface area (Å²) in [6, 6.07) is 36.8. The van der Waals surface area contributed by atoms with Crippen molar-refractivity contribution < 1.29 is 0 Å². The van der Waals surface area contributed by atoms with E-state index >= 15 is 0 Å². The second-order valence-electron chi connectivity index (χ2n) is 7.31. The molecule has 2 heterocycles. The second kappa shape index (κ2) is 6.91. The van der Waals surface area contributed by atoms with Crippen molar-refractivity contribution in [3.8, 4) is 0 Å². The molecule has 0 saturated carbocycles. The fourth-order valence-electron chi connectivity index (χ4n) is 4.61. The molecule has 4 aromatic rings. The first-order chi connectivity index (χ1) is 13.9. The van der Waals surface area contributed by atoms with Gasteiger partial charge in [-0.15, -0.1) is 0 Å². The van der Waals surface area contributed by atoms with Crippen molar-refractivity contribution in [2.24, 2.45) is 0 Å². The summed E-state index contributed by atoms with van der Waals surface area (Å²) in [5.74, 6) is 0.808. The van der Waals surface area contributed by atoms with Gasteiger partial charge in [-0.25, -0.2) is 0 Å². The summed E-state index contributed by atoms with van der Waals surface area (Å²) in [4.78, 5) is 0. The van der Waals surface area contributed by atoms with Crippen LogP contribution in [-0.4, -0.2) is 35.9 Å². The Hall–Kier alpha value is -1.81. The quantitative estimate of drug-likeness (QED) is 0.328. The molecule has 4 aromatic carbocycles. The molecule has 0 atom stereocenters. The molecule has 2 aliphatic heterocycles. The van der Waals surface area contributed by atoms with Gasteiger partial charge >= 0.3 is 183 Å². The maximum absolute atomic E-state index is 2.39. The van der Waals surface area contributed by atoms with Gasteiger partial charge in [0.05, 0.1) is 0 Å². The van der Waals surface area contributed by atoms with Crippen LogP contribution >= 0.6 is 0 Å². The Bertz CT molecular complexity index is 1010. The van der Waals surface area contributed by atoms with E-state index in [1.165, 1.54) is 0 Å². The number of hydrogen-bond donors (Lipinski definition) is 0. The fourth-order valence-corrected chi connectivity index (χ4v) is 10.3. The number of benzene rings is 4. The van der Waals surface area contributed by atoms with E-state index < -0.39 is 0 Å². The third-order valence-corrected chi connectivity index (χ3v) is 11.6. The van der Waals surface area contributed by atoms with E-state index in [2.05, 4.69) is 97.1 Å². The first-order valence-electron chi connectivity index (χ1n) is 9.61. The van der Waals surface area contributed by atoms with Crippen molar-refractivity contribution in [3.63, 3.8) is 0 Å². The van der Waals surface area contributed by atoms with E-state index in [9.17, 15) is 0 Å². The number of hydrogen-bond acceptors (Lipinski definition) is 0. The average Bonchev–Trinajstić information content (AvgIpc) is 2.76. The van der Waals surface area contributed by atoms with Crippen molar-refractivity contribution in [2.75, 3.05) is 0 Å². The molecule has 0 aromatic heterocycles. The zero-order valence-corrected chi connectivity index (χ0v) is 19.3. The summed E-state index contributed by atoms with van der Waals surface area (Å²) in [7, 11) is 0. The summed E-state index contributed by atoms with van der Waals surface area (Å²) >= 11 is 0.0781. The molecule has 2 heteroatoms. The van der Waals surface area contributed by atoms with Gasteiger partial charge < -0.3 is 0 Å². The average molecular weight is 537 g/mol. The van der Waals surface area contributed by atoms with Crippen LogP contribution in [0.15, 0.2) is 97.1 Å². The molecule has 0 aliphatic carbocycles. The van der Waals surface area contributed by atoms with E-state index in [4.69, 9.17) is 0 Å². The van der Waals surface area contributed by atoms with Crippen LogP contribution in [-0.2, 0) is 0 Å². The van der Waals surface area contributed by atoms with Crippen molar-refractivity contribution in [3.05, 3.63) is 119 Å². The SMILES string of the molecule is c1ccc2c(c1)[Se]c1ccccc1C2C1c2ccccc2[Te]c2ccccc21. The first kappa shape index (κ1) is 17.1. The number of rotatable bonds is 1. The zero-order valence-electron chi connectivity index (χ0n) is 15.2. The number of fused-ring (bicyclic) bond motifs is 4. The van der Waals surface area contributed by atoms with E-state index in [1.54, 1.807) is 38.4 Å². The molecule has 0 fully saturated rings. The van der Waals surface area contributed by atoms with E-state index in [0.29, 0.717) is 26.8 Å². The molecule has 6 rings (SSSR count). The first-order valence-corrected chi connectivity index (χ1v) is 13.7. The third-order valence-electron chi connectivity index (χ3n) is 5.79. The molecule has 28 heavy (non-hydrogen) atoms. The molecule has 0 amide bonds. The van der Waals surface area contributed by atoms with Crippen LogP contribution in [0.4, 0.5) is 0 Å². The monoisotopic (exact) mass is 540 g/mol. The Morgan fingerprint density at radius 2 is 0.857 bits per heavy atom. The summed E-state index contributed by atoms with van der Waals surface area (Å²) in [5, 5.41) is 0. The van der Waals surface area contributed by atoms with Crippen LogP contribution in [0, 0.1) is 0 Å². The Morgan fingerprint density at radius 3 is 1.39 bits per heavy atom. The van der Waals surface area contributed by atoms with Gasteiger partial charge in [-0.3, -0.25) is 0 Å². The van der Waals surface area contributed by atoms with Gasteiger partial charge in [0.25, 0.3) is 0 Å². The Kier molecular flexibility index (Phi) is 4.21. The standard InChI is InChI=1S/C26H18SeTe/c1-5-13-21-17(9-1)25(18-10-2-6-14-22(18)27-21)26-19-11-3-7-15-23(19)28-24-16-8-4-12-20(24)26/h1-16,25-26H. The van der Waals surface area contributed by atoms with Gasteiger partial charge in [-0.05, 0) is 0 Å².